The number of hydrogen-bond donors (Lipinski definition) is 0. The van der Waals surface area contributed by atoms with Crippen LogP contribution in [0, 0.1) is 11.3 Å². The zero-order chi connectivity index (χ0) is 14.5. The van der Waals surface area contributed by atoms with Crippen molar-refractivity contribution in [3.63, 3.8) is 0 Å². The van der Waals surface area contributed by atoms with Gasteiger partial charge in [-0.3, -0.25) is 4.79 Å². The predicted octanol–water partition coefficient (Wildman–Crippen LogP) is 2.96. The van der Waals surface area contributed by atoms with E-state index in [-0.39, 0.29) is 12.0 Å². The number of likely N-dealkylation sites (tertiary alicyclic amines) is 1. The Morgan fingerprint density at radius 3 is 2.75 bits per heavy atom. The Morgan fingerprint density at radius 1 is 1.50 bits per heavy atom. The first-order valence-electron chi connectivity index (χ1n) is 6.76. The molecule has 5 heteroatoms. The van der Waals surface area contributed by atoms with Crippen LogP contribution < -0.4 is 0 Å². The van der Waals surface area contributed by atoms with Gasteiger partial charge in [0.1, 0.15) is 0 Å². The van der Waals surface area contributed by atoms with Gasteiger partial charge in [0.25, 0.3) is 5.91 Å². The van der Waals surface area contributed by atoms with Crippen LogP contribution in [0.15, 0.2) is 22.7 Å². The Labute approximate surface area is 127 Å². The summed E-state index contributed by atoms with van der Waals surface area (Å²) in [6.45, 7) is 4.15. The van der Waals surface area contributed by atoms with Crippen LogP contribution in [0.4, 0.5) is 0 Å². The number of amides is 1. The van der Waals surface area contributed by atoms with Gasteiger partial charge in [-0.1, -0.05) is 0 Å². The molecule has 0 N–H and O–H groups in total. The van der Waals surface area contributed by atoms with Crippen molar-refractivity contribution in [3.05, 3.63) is 33.8 Å². The fourth-order valence-corrected chi connectivity index (χ4v) is 2.94. The van der Waals surface area contributed by atoms with Crippen LogP contribution in [-0.2, 0) is 4.74 Å². The Hall–Kier alpha value is -1.38. The molecule has 1 fully saturated rings. The van der Waals surface area contributed by atoms with Crippen LogP contribution in [0.3, 0.4) is 0 Å². The quantitative estimate of drug-likeness (QED) is 0.852. The first-order valence-corrected chi connectivity index (χ1v) is 7.55. The van der Waals surface area contributed by atoms with Gasteiger partial charge in [0.05, 0.1) is 23.3 Å². The molecule has 1 aliphatic rings. The maximum absolute atomic E-state index is 12.5. The third-order valence-corrected chi connectivity index (χ3v) is 4.12. The van der Waals surface area contributed by atoms with E-state index in [1.807, 2.05) is 11.8 Å². The third kappa shape index (κ3) is 3.38. The van der Waals surface area contributed by atoms with E-state index in [9.17, 15) is 4.79 Å². The standard InChI is InChI=1S/C15H17BrN2O2/c1-2-20-12-5-7-18(8-6-12)15(19)13-4-3-11(10-17)9-14(13)16/h3-4,9,12H,2,5-8H2,1H3. The highest BCUT2D eigenvalue weighted by atomic mass is 79.9. The molecule has 0 spiro atoms. The lowest BCUT2D eigenvalue weighted by Gasteiger charge is -2.32. The van der Waals surface area contributed by atoms with E-state index >= 15 is 0 Å². The molecule has 20 heavy (non-hydrogen) atoms. The second kappa shape index (κ2) is 6.87. The number of carbonyl (C=O) groups is 1. The average Bonchev–Trinajstić information content (AvgIpc) is 2.47. The molecule has 0 radical (unpaired) electrons. The summed E-state index contributed by atoms with van der Waals surface area (Å²) in [4.78, 5) is 14.3. The second-order valence-corrected chi connectivity index (χ2v) is 5.61. The largest absolute Gasteiger partial charge is 0.378 e. The Kier molecular flexibility index (Phi) is 5.16. The number of rotatable bonds is 3. The van der Waals surface area contributed by atoms with Gasteiger partial charge in [0.2, 0.25) is 0 Å². The van der Waals surface area contributed by atoms with Crippen LogP contribution in [0.2, 0.25) is 0 Å². The Bertz CT molecular complexity index is 531. The highest BCUT2D eigenvalue weighted by molar-refractivity contribution is 9.10. The van der Waals surface area contributed by atoms with Crippen LogP contribution in [0.1, 0.15) is 35.7 Å². The summed E-state index contributed by atoms with van der Waals surface area (Å²) < 4.78 is 6.26. The van der Waals surface area contributed by atoms with Gasteiger partial charge >= 0.3 is 0 Å². The van der Waals surface area contributed by atoms with E-state index in [1.54, 1.807) is 18.2 Å². The zero-order valence-corrected chi connectivity index (χ0v) is 13.0. The smallest absolute Gasteiger partial charge is 0.255 e. The molecule has 1 saturated heterocycles. The third-order valence-electron chi connectivity index (χ3n) is 3.46. The van der Waals surface area contributed by atoms with Crippen molar-refractivity contribution < 1.29 is 9.53 Å². The molecule has 1 aromatic rings. The minimum absolute atomic E-state index is 0.0105. The molecule has 0 saturated carbocycles. The van der Waals surface area contributed by atoms with Crippen molar-refractivity contribution in [2.45, 2.75) is 25.9 Å². The molecule has 0 aliphatic carbocycles. The SMILES string of the molecule is CCOC1CCN(C(=O)c2ccc(C#N)cc2Br)CC1. The minimum Gasteiger partial charge on any atom is -0.378 e. The van der Waals surface area contributed by atoms with Gasteiger partial charge in [-0.05, 0) is 53.9 Å². The molecule has 1 aromatic carbocycles. The molecule has 4 nitrogen and oxygen atoms in total. The number of piperidine rings is 1. The van der Waals surface area contributed by atoms with E-state index in [0.717, 1.165) is 32.5 Å². The lowest BCUT2D eigenvalue weighted by molar-refractivity contribution is 0.0146. The number of halogens is 1. The number of carbonyl (C=O) groups excluding carboxylic acids is 1. The number of hydrogen-bond acceptors (Lipinski definition) is 3. The van der Waals surface area contributed by atoms with Crippen molar-refractivity contribution in [3.8, 4) is 6.07 Å². The van der Waals surface area contributed by atoms with Gasteiger partial charge in [-0.15, -0.1) is 0 Å². The van der Waals surface area contributed by atoms with E-state index in [4.69, 9.17) is 10.00 Å². The molecule has 0 aromatic heterocycles. The van der Waals surface area contributed by atoms with Gasteiger partial charge in [-0.2, -0.15) is 5.26 Å². The van der Waals surface area contributed by atoms with Gasteiger partial charge in [0, 0.05) is 24.2 Å². The number of nitriles is 1. The van der Waals surface area contributed by atoms with E-state index < -0.39 is 0 Å². The highest BCUT2D eigenvalue weighted by Crippen LogP contribution is 2.22. The van der Waals surface area contributed by atoms with Gasteiger partial charge in [-0.25, -0.2) is 0 Å². The highest BCUT2D eigenvalue weighted by Gasteiger charge is 2.24. The molecule has 0 atom stereocenters. The molecule has 1 amide bonds. The summed E-state index contributed by atoms with van der Waals surface area (Å²) in [6, 6.07) is 7.12. The summed E-state index contributed by atoms with van der Waals surface area (Å²) in [6.07, 6.45) is 2.04. The molecular formula is C15H17BrN2O2. The van der Waals surface area contributed by atoms with Gasteiger partial charge in [0.15, 0.2) is 0 Å². The fourth-order valence-electron chi connectivity index (χ4n) is 2.39. The molecule has 2 rings (SSSR count). The summed E-state index contributed by atoms with van der Waals surface area (Å²) in [5.41, 5.74) is 1.15. The van der Waals surface area contributed by atoms with Crippen LogP contribution >= 0.6 is 15.9 Å². The van der Waals surface area contributed by atoms with Crippen molar-refractivity contribution >= 4 is 21.8 Å². The van der Waals surface area contributed by atoms with Crippen molar-refractivity contribution in [2.75, 3.05) is 19.7 Å². The number of benzene rings is 1. The summed E-state index contributed by atoms with van der Waals surface area (Å²) >= 11 is 3.37. The van der Waals surface area contributed by atoms with Gasteiger partial charge < -0.3 is 9.64 Å². The average molecular weight is 337 g/mol. The van der Waals surface area contributed by atoms with E-state index in [2.05, 4.69) is 22.0 Å². The second-order valence-electron chi connectivity index (χ2n) is 4.75. The molecule has 0 unspecified atom stereocenters. The van der Waals surface area contributed by atoms with E-state index in [0.29, 0.717) is 15.6 Å². The summed E-state index contributed by atoms with van der Waals surface area (Å²) in [5, 5.41) is 8.84. The first-order chi connectivity index (χ1) is 9.65. The Balaban J connectivity index is 2.04. The number of nitrogens with zero attached hydrogens (tertiary/aromatic N) is 2. The van der Waals surface area contributed by atoms with Crippen LogP contribution in [0.25, 0.3) is 0 Å². The van der Waals surface area contributed by atoms with Crippen molar-refractivity contribution in [1.82, 2.24) is 4.90 Å². The topological polar surface area (TPSA) is 53.3 Å². The maximum Gasteiger partial charge on any atom is 0.255 e. The lowest BCUT2D eigenvalue weighted by Crippen LogP contribution is -2.41. The zero-order valence-electron chi connectivity index (χ0n) is 11.4. The first kappa shape index (κ1) is 15.0. The molecule has 0 bridgehead atoms. The molecule has 1 aliphatic heterocycles. The van der Waals surface area contributed by atoms with E-state index in [1.165, 1.54) is 0 Å². The minimum atomic E-state index is 0.0105. The van der Waals surface area contributed by atoms with Crippen LogP contribution in [0.5, 0.6) is 0 Å². The van der Waals surface area contributed by atoms with Crippen LogP contribution in [-0.4, -0.2) is 36.6 Å². The number of ether oxygens (including phenoxy) is 1. The summed E-state index contributed by atoms with van der Waals surface area (Å²) in [7, 11) is 0. The normalized spacial score (nSPS) is 15.9. The molecule has 106 valence electrons. The van der Waals surface area contributed by atoms with Crippen molar-refractivity contribution in [1.29, 1.82) is 5.26 Å². The summed E-state index contributed by atoms with van der Waals surface area (Å²) in [5.74, 6) is 0.0105. The lowest BCUT2D eigenvalue weighted by atomic mass is 10.1. The maximum atomic E-state index is 12.5. The predicted molar refractivity (Wildman–Crippen MR) is 79.4 cm³/mol. The Morgan fingerprint density at radius 2 is 2.20 bits per heavy atom. The molecular weight excluding hydrogens is 320 g/mol. The van der Waals surface area contributed by atoms with Crippen molar-refractivity contribution in [2.24, 2.45) is 0 Å². The monoisotopic (exact) mass is 336 g/mol. The molecule has 1 heterocycles. The fraction of sp³-hybridized carbons (Fsp3) is 0.467.